The Morgan fingerprint density at radius 2 is 1.86 bits per heavy atom. The molecule has 0 amide bonds. The van der Waals surface area contributed by atoms with Crippen LogP contribution in [-0.4, -0.2) is 11.9 Å². The van der Waals surface area contributed by atoms with Crippen LogP contribution < -0.4 is 10.5 Å². The van der Waals surface area contributed by atoms with E-state index in [1.54, 1.807) is 23.9 Å². The minimum Gasteiger partial charge on any atom is -0.491 e. The summed E-state index contributed by atoms with van der Waals surface area (Å²) in [6, 6.07) is 14.2. The van der Waals surface area contributed by atoms with Crippen molar-refractivity contribution in [3.05, 3.63) is 59.9 Å². The van der Waals surface area contributed by atoms with Crippen molar-refractivity contribution in [2.24, 2.45) is 5.73 Å². The minimum absolute atomic E-state index is 0.0873. The highest BCUT2D eigenvalue weighted by atomic mass is 32.2. The van der Waals surface area contributed by atoms with Gasteiger partial charge in [-0.2, -0.15) is 0 Å². The van der Waals surface area contributed by atoms with Gasteiger partial charge in [-0.05, 0) is 55.8 Å². The minimum atomic E-state index is -0.220. The van der Waals surface area contributed by atoms with E-state index in [1.807, 2.05) is 38.1 Å². The number of ether oxygens (including phenoxy) is 1. The molecule has 0 aliphatic heterocycles. The SMILES string of the molecule is CC(C)Oc1cccc(C(N)CSc2ccc(F)cc2)c1. The van der Waals surface area contributed by atoms with Gasteiger partial charge in [0.1, 0.15) is 11.6 Å². The molecule has 0 spiro atoms. The number of thioether (sulfide) groups is 1. The Balaban J connectivity index is 1.96. The average molecular weight is 305 g/mol. The van der Waals surface area contributed by atoms with Gasteiger partial charge < -0.3 is 10.5 Å². The van der Waals surface area contributed by atoms with Crippen LogP contribution in [0.25, 0.3) is 0 Å². The summed E-state index contributed by atoms with van der Waals surface area (Å²) in [4.78, 5) is 1.02. The number of rotatable bonds is 6. The molecular formula is C17H20FNOS. The Morgan fingerprint density at radius 1 is 1.14 bits per heavy atom. The molecule has 0 aromatic heterocycles. The first-order valence-corrected chi connectivity index (χ1v) is 7.93. The van der Waals surface area contributed by atoms with Gasteiger partial charge in [0, 0.05) is 16.7 Å². The van der Waals surface area contributed by atoms with Crippen LogP contribution >= 0.6 is 11.8 Å². The second-order valence-electron chi connectivity index (χ2n) is 5.11. The van der Waals surface area contributed by atoms with E-state index < -0.39 is 0 Å². The fourth-order valence-corrected chi connectivity index (χ4v) is 2.80. The van der Waals surface area contributed by atoms with Gasteiger partial charge >= 0.3 is 0 Å². The Bertz CT molecular complexity index is 571. The first-order valence-electron chi connectivity index (χ1n) is 6.95. The Morgan fingerprint density at radius 3 is 2.52 bits per heavy atom. The van der Waals surface area contributed by atoms with Crippen molar-refractivity contribution in [3.8, 4) is 5.75 Å². The van der Waals surface area contributed by atoms with Gasteiger partial charge in [-0.1, -0.05) is 12.1 Å². The van der Waals surface area contributed by atoms with E-state index in [0.29, 0.717) is 0 Å². The van der Waals surface area contributed by atoms with Gasteiger partial charge in [0.05, 0.1) is 6.10 Å². The van der Waals surface area contributed by atoms with Crippen molar-refractivity contribution in [3.63, 3.8) is 0 Å². The van der Waals surface area contributed by atoms with Crippen molar-refractivity contribution in [2.45, 2.75) is 30.9 Å². The van der Waals surface area contributed by atoms with Crippen LogP contribution in [0, 0.1) is 5.82 Å². The summed E-state index contributed by atoms with van der Waals surface area (Å²) in [5.41, 5.74) is 7.27. The van der Waals surface area contributed by atoms with Crippen LogP contribution in [0.5, 0.6) is 5.75 Å². The third-order valence-corrected chi connectivity index (χ3v) is 4.03. The highest BCUT2D eigenvalue weighted by Gasteiger charge is 2.08. The summed E-state index contributed by atoms with van der Waals surface area (Å²) >= 11 is 1.62. The lowest BCUT2D eigenvalue weighted by Crippen LogP contribution is -2.13. The molecule has 0 aliphatic rings. The highest BCUT2D eigenvalue weighted by molar-refractivity contribution is 7.99. The van der Waals surface area contributed by atoms with E-state index in [-0.39, 0.29) is 18.0 Å². The van der Waals surface area contributed by atoms with E-state index in [2.05, 4.69) is 0 Å². The van der Waals surface area contributed by atoms with E-state index in [0.717, 1.165) is 22.0 Å². The average Bonchev–Trinajstić information content (AvgIpc) is 2.46. The smallest absolute Gasteiger partial charge is 0.123 e. The number of hydrogen-bond acceptors (Lipinski definition) is 3. The lowest BCUT2D eigenvalue weighted by atomic mass is 10.1. The molecule has 1 atom stereocenters. The molecule has 112 valence electrons. The molecule has 2 aromatic carbocycles. The van der Waals surface area contributed by atoms with Gasteiger partial charge in [0.2, 0.25) is 0 Å². The number of nitrogens with two attached hydrogens (primary N) is 1. The summed E-state index contributed by atoms with van der Waals surface area (Å²) in [5, 5.41) is 0. The predicted molar refractivity (Wildman–Crippen MR) is 86.3 cm³/mol. The third-order valence-electron chi connectivity index (χ3n) is 2.90. The quantitative estimate of drug-likeness (QED) is 0.803. The summed E-state index contributed by atoms with van der Waals surface area (Å²) in [7, 11) is 0. The Kier molecular flexibility index (Phi) is 5.65. The van der Waals surface area contributed by atoms with Gasteiger partial charge in [-0.3, -0.25) is 0 Å². The first kappa shape index (κ1) is 15.9. The van der Waals surface area contributed by atoms with Crippen LogP contribution in [0.2, 0.25) is 0 Å². The van der Waals surface area contributed by atoms with Gasteiger partial charge in [0.25, 0.3) is 0 Å². The summed E-state index contributed by atoms with van der Waals surface area (Å²) < 4.78 is 18.5. The van der Waals surface area contributed by atoms with Crippen molar-refractivity contribution in [2.75, 3.05) is 5.75 Å². The maximum atomic E-state index is 12.9. The maximum Gasteiger partial charge on any atom is 0.123 e. The molecule has 0 saturated heterocycles. The molecule has 0 aliphatic carbocycles. The molecule has 0 saturated carbocycles. The van der Waals surface area contributed by atoms with Crippen LogP contribution in [0.4, 0.5) is 4.39 Å². The van der Waals surface area contributed by atoms with Gasteiger partial charge in [0.15, 0.2) is 0 Å². The van der Waals surface area contributed by atoms with Crippen LogP contribution in [0.3, 0.4) is 0 Å². The molecule has 2 nitrogen and oxygen atoms in total. The molecule has 2 rings (SSSR count). The van der Waals surface area contributed by atoms with Crippen molar-refractivity contribution in [1.82, 2.24) is 0 Å². The molecular weight excluding hydrogens is 285 g/mol. The van der Waals surface area contributed by atoms with Crippen molar-refractivity contribution >= 4 is 11.8 Å². The second kappa shape index (κ2) is 7.48. The number of benzene rings is 2. The lowest BCUT2D eigenvalue weighted by molar-refractivity contribution is 0.242. The summed E-state index contributed by atoms with van der Waals surface area (Å²) in [6.07, 6.45) is 0.144. The topological polar surface area (TPSA) is 35.2 Å². The molecule has 2 N–H and O–H groups in total. The zero-order valence-electron chi connectivity index (χ0n) is 12.3. The monoisotopic (exact) mass is 305 g/mol. The first-order chi connectivity index (χ1) is 10.0. The molecule has 4 heteroatoms. The van der Waals surface area contributed by atoms with Gasteiger partial charge in [-0.25, -0.2) is 4.39 Å². The number of halogens is 1. The van der Waals surface area contributed by atoms with Crippen molar-refractivity contribution < 1.29 is 9.13 Å². The van der Waals surface area contributed by atoms with E-state index >= 15 is 0 Å². The normalized spacial score (nSPS) is 12.4. The molecule has 1 unspecified atom stereocenters. The van der Waals surface area contributed by atoms with E-state index in [9.17, 15) is 4.39 Å². The summed E-state index contributed by atoms with van der Waals surface area (Å²) in [5.74, 6) is 1.35. The molecule has 0 heterocycles. The van der Waals surface area contributed by atoms with E-state index in [4.69, 9.17) is 10.5 Å². The molecule has 0 fully saturated rings. The maximum absolute atomic E-state index is 12.9. The Hall–Kier alpha value is -1.52. The van der Waals surface area contributed by atoms with E-state index in [1.165, 1.54) is 12.1 Å². The lowest BCUT2D eigenvalue weighted by Gasteiger charge is -2.15. The standard InChI is InChI=1S/C17H20FNOS/c1-12(2)20-15-5-3-4-13(10-15)17(19)11-21-16-8-6-14(18)7-9-16/h3-10,12,17H,11,19H2,1-2H3. The molecule has 2 aromatic rings. The predicted octanol–water partition coefficient (Wildman–Crippen LogP) is 4.41. The number of hydrogen-bond donors (Lipinski definition) is 1. The highest BCUT2D eigenvalue weighted by Crippen LogP contribution is 2.25. The zero-order chi connectivity index (χ0) is 15.2. The van der Waals surface area contributed by atoms with Crippen LogP contribution in [0.1, 0.15) is 25.5 Å². The fraction of sp³-hybridized carbons (Fsp3) is 0.294. The Labute approximate surface area is 129 Å². The molecule has 0 radical (unpaired) electrons. The second-order valence-corrected chi connectivity index (χ2v) is 6.20. The zero-order valence-corrected chi connectivity index (χ0v) is 13.1. The van der Waals surface area contributed by atoms with Gasteiger partial charge in [-0.15, -0.1) is 11.8 Å². The fourth-order valence-electron chi connectivity index (χ4n) is 1.90. The molecule has 0 bridgehead atoms. The third kappa shape index (κ3) is 5.06. The van der Waals surface area contributed by atoms with Crippen LogP contribution in [-0.2, 0) is 0 Å². The van der Waals surface area contributed by atoms with Crippen LogP contribution in [0.15, 0.2) is 53.4 Å². The van der Waals surface area contributed by atoms with Crippen molar-refractivity contribution in [1.29, 1.82) is 0 Å². The summed E-state index contributed by atoms with van der Waals surface area (Å²) in [6.45, 7) is 3.99. The molecule has 21 heavy (non-hydrogen) atoms. The largest absolute Gasteiger partial charge is 0.491 e.